The molecule has 7 nitrogen and oxygen atoms in total. The van der Waals surface area contributed by atoms with Crippen molar-refractivity contribution in [1.82, 2.24) is 15.0 Å². The summed E-state index contributed by atoms with van der Waals surface area (Å²) >= 11 is 0. The number of piperidine rings is 1. The van der Waals surface area contributed by atoms with Crippen LogP contribution in [0.1, 0.15) is 37.4 Å². The van der Waals surface area contributed by atoms with E-state index in [2.05, 4.69) is 33.3 Å². The number of nitrogens with one attached hydrogen (secondary N) is 1. The molecule has 2 aliphatic rings. The van der Waals surface area contributed by atoms with E-state index >= 15 is 0 Å². The van der Waals surface area contributed by atoms with Gasteiger partial charge >= 0.3 is 0 Å². The third-order valence-corrected chi connectivity index (χ3v) is 7.13. The number of fused-ring (bicyclic) bond motifs is 1. The van der Waals surface area contributed by atoms with E-state index in [-0.39, 0.29) is 24.9 Å². The Morgan fingerprint density at radius 2 is 1.91 bits per heavy atom. The Kier molecular flexibility index (Phi) is 6.04. The summed E-state index contributed by atoms with van der Waals surface area (Å²) in [5, 5.41) is 13.1. The number of pyridine rings is 1. The van der Waals surface area contributed by atoms with Crippen LogP contribution in [0.5, 0.6) is 5.75 Å². The second-order valence-corrected chi connectivity index (χ2v) is 9.56. The SMILES string of the molecule is COc1cc(N2CCC(F)(F)CC2)ccc1Nc1nccc(-c2cnc3c(c2)C(C)(CO)CC3)n1. The Balaban J connectivity index is 1.37. The zero-order valence-corrected chi connectivity index (χ0v) is 19.9. The molecule has 9 heteroatoms. The van der Waals surface area contributed by atoms with E-state index in [4.69, 9.17) is 4.74 Å². The van der Waals surface area contributed by atoms with Gasteiger partial charge in [0, 0.05) is 66.8 Å². The topological polar surface area (TPSA) is 83.4 Å². The van der Waals surface area contributed by atoms with Gasteiger partial charge in [0.25, 0.3) is 5.92 Å². The summed E-state index contributed by atoms with van der Waals surface area (Å²) in [5.41, 5.74) is 4.91. The lowest BCUT2D eigenvalue weighted by molar-refractivity contribution is -0.0220. The van der Waals surface area contributed by atoms with E-state index in [9.17, 15) is 13.9 Å². The fourth-order valence-corrected chi connectivity index (χ4v) is 4.82. The third-order valence-electron chi connectivity index (χ3n) is 7.13. The number of aryl methyl sites for hydroxylation is 1. The van der Waals surface area contributed by atoms with Gasteiger partial charge in [0.05, 0.1) is 25.1 Å². The molecule has 0 spiro atoms. The maximum absolute atomic E-state index is 13.5. The average molecular weight is 482 g/mol. The minimum absolute atomic E-state index is 0.0807. The molecule has 2 aromatic heterocycles. The van der Waals surface area contributed by atoms with Crippen molar-refractivity contribution in [2.24, 2.45) is 0 Å². The lowest BCUT2D eigenvalue weighted by Gasteiger charge is -2.33. The predicted octanol–water partition coefficient (Wildman–Crippen LogP) is 4.72. The van der Waals surface area contributed by atoms with Crippen LogP contribution in [0, 0.1) is 0 Å². The maximum Gasteiger partial charge on any atom is 0.251 e. The molecule has 0 saturated carbocycles. The molecule has 1 fully saturated rings. The number of aliphatic hydroxyl groups is 1. The van der Waals surface area contributed by atoms with Gasteiger partial charge in [-0.25, -0.2) is 18.7 Å². The molecule has 0 bridgehead atoms. The van der Waals surface area contributed by atoms with Gasteiger partial charge in [0.15, 0.2) is 0 Å². The zero-order chi connectivity index (χ0) is 24.6. The van der Waals surface area contributed by atoms with Crippen molar-refractivity contribution in [3.63, 3.8) is 0 Å². The van der Waals surface area contributed by atoms with Gasteiger partial charge in [-0.3, -0.25) is 4.98 Å². The van der Waals surface area contributed by atoms with Gasteiger partial charge in [-0.05, 0) is 42.7 Å². The normalized spacial score (nSPS) is 21.0. The number of methoxy groups -OCH3 is 1. The molecule has 1 aliphatic heterocycles. The first-order valence-electron chi connectivity index (χ1n) is 11.8. The Morgan fingerprint density at radius 3 is 2.66 bits per heavy atom. The largest absolute Gasteiger partial charge is 0.494 e. The van der Waals surface area contributed by atoms with Crippen molar-refractivity contribution in [3.8, 4) is 17.0 Å². The molecule has 1 atom stereocenters. The summed E-state index contributed by atoms with van der Waals surface area (Å²) in [6, 6.07) is 9.47. The summed E-state index contributed by atoms with van der Waals surface area (Å²) in [6.07, 6.45) is 4.93. The lowest BCUT2D eigenvalue weighted by atomic mass is 9.85. The molecule has 3 aromatic rings. The fraction of sp³-hybridized carbons (Fsp3) is 0.423. The number of nitrogens with zero attached hydrogens (tertiary/aromatic N) is 4. The van der Waals surface area contributed by atoms with Crippen molar-refractivity contribution < 1.29 is 18.6 Å². The first-order valence-corrected chi connectivity index (χ1v) is 11.8. The van der Waals surface area contributed by atoms with E-state index in [1.54, 1.807) is 13.3 Å². The van der Waals surface area contributed by atoms with Crippen molar-refractivity contribution in [2.45, 2.75) is 43.9 Å². The summed E-state index contributed by atoms with van der Waals surface area (Å²) in [6.45, 7) is 2.75. The van der Waals surface area contributed by atoms with Gasteiger partial charge in [0.2, 0.25) is 5.95 Å². The maximum atomic E-state index is 13.5. The van der Waals surface area contributed by atoms with Crippen LogP contribution >= 0.6 is 0 Å². The second-order valence-electron chi connectivity index (χ2n) is 9.56. The summed E-state index contributed by atoms with van der Waals surface area (Å²) < 4.78 is 32.6. The van der Waals surface area contributed by atoms with Crippen molar-refractivity contribution in [2.75, 3.05) is 37.0 Å². The minimum atomic E-state index is -2.59. The summed E-state index contributed by atoms with van der Waals surface area (Å²) in [5.74, 6) is -1.61. The fourth-order valence-electron chi connectivity index (χ4n) is 4.82. The highest BCUT2D eigenvalue weighted by atomic mass is 19.3. The average Bonchev–Trinajstić information content (AvgIpc) is 3.21. The van der Waals surface area contributed by atoms with Gasteiger partial charge in [0.1, 0.15) is 5.75 Å². The van der Waals surface area contributed by atoms with E-state index in [0.29, 0.717) is 30.5 Å². The number of anilines is 3. The molecule has 2 N–H and O–H groups in total. The monoisotopic (exact) mass is 481 g/mol. The summed E-state index contributed by atoms with van der Waals surface area (Å²) in [7, 11) is 1.57. The van der Waals surface area contributed by atoms with Crippen LogP contribution in [0.2, 0.25) is 0 Å². The van der Waals surface area contributed by atoms with Crippen LogP contribution in [0.4, 0.5) is 26.1 Å². The van der Waals surface area contributed by atoms with Crippen molar-refractivity contribution >= 4 is 17.3 Å². The van der Waals surface area contributed by atoms with Crippen LogP contribution in [0.15, 0.2) is 42.7 Å². The molecule has 1 unspecified atom stereocenters. The van der Waals surface area contributed by atoms with E-state index in [1.165, 1.54) is 0 Å². The van der Waals surface area contributed by atoms with E-state index in [0.717, 1.165) is 41.0 Å². The molecular formula is C26H29F2N5O2. The number of hydrogen-bond donors (Lipinski definition) is 2. The first-order chi connectivity index (χ1) is 16.8. The second kappa shape index (κ2) is 9.03. The number of benzene rings is 1. The van der Waals surface area contributed by atoms with Crippen molar-refractivity contribution in [1.29, 1.82) is 0 Å². The molecular weight excluding hydrogens is 452 g/mol. The zero-order valence-electron chi connectivity index (χ0n) is 19.9. The highest BCUT2D eigenvalue weighted by molar-refractivity contribution is 5.69. The van der Waals surface area contributed by atoms with Gasteiger partial charge in [-0.1, -0.05) is 6.92 Å². The number of hydrogen-bond acceptors (Lipinski definition) is 7. The molecule has 1 saturated heterocycles. The van der Waals surface area contributed by atoms with Crippen LogP contribution in [0.3, 0.4) is 0 Å². The van der Waals surface area contributed by atoms with Gasteiger partial charge in [-0.2, -0.15) is 0 Å². The standard InChI is InChI=1S/C26H29F2N5O2/c1-25(16-34)7-5-21-19(25)13-17(15-30-21)20-6-10-29-24(31-20)32-22-4-3-18(14-23(22)35-2)33-11-8-26(27,28)9-12-33/h3-4,6,10,13-15,34H,5,7-9,11-12,16H2,1-2H3,(H,29,31,32). The summed E-state index contributed by atoms with van der Waals surface area (Å²) in [4.78, 5) is 15.6. The van der Waals surface area contributed by atoms with Crippen LogP contribution < -0.4 is 15.0 Å². The molecule has 1 aliphatic carbocycles. The number of alkyl halides is 2. The number of ether oxygens (including phenoxy) is 1. The Morgan fingerprint density at radius 1 is 1.11 bits per heavy atom. The first kappa shape index (κ1) is 23.4. The highest BCUT2D eigenvalue weighted by Gasteiger charge is 2.35. The Hall–Kier alpha value is -3.33. The van der Waals surface area contributed by atoms with Gasteiger partial charge in [-0.15, -0.1) is 0 Å². The van der Waals surface area contributed by atoms with Gasteiger partial charge < -0.3 is 20.1 Å². The molecule has 184 valence electrons. The van der Waals surface area contributed by atoms with E-state index < -0.39 is 5.92 Å². The molecule has 0 radical (unpaired) electrons. The number of halogens is 2. The van der Waals surface area contributed by atoms with Crippen molar-refractivity contribution in [3.05, 3.63) is 54.0 Å². The molecule has 5 rings (SSSR count). The third kappa shape index (κ3) is 4.65. The van der Waals surface area contributed by atoms with Crippen LogP contribution in [-0.4, -0.2) is 52.8 Å². The molecule has 0 amide bonds. The Labute approximate surface area is 203 Å². The molecule has 1 aromatic carbocycles. The lowest BCUT2D eigenvalue weighted by Crippen LogP contribution is -2.39. The number of rotatable bonds is 6. The minimum Gasteiger partial charge on any atom is -0.494 e. The predicted molar refractivity (Wildman–Crippen MR) is 131 cm³/mol. The smallest absolute Gasteiger partial charge is 0.251 e. The highest BCUT2D eigenvalue weighted by Crippen LogP contribution is 2.39. The van der Waals surface area contributed by atoms with Crippen LogP contribution in [-0.2, 0) is 11.8 Å². The Bertz CT molecular complexity index is 1230. The number of aromatic nitrogens is 3. The van der Waals surface area contributed by atoms with E-state index in [1.807, 2.05) is 35.4 Å². The molecule has 35 heavy (non-hydrogen) atoms. The quantitative estimate of drug-likeness (QED) is 0.527. The number of aliphatic hydroxyl groups excluding tert-OH is 1. The van der Waals surface area contributed by atoms with Crippen LogP contribution in [0.25, 0.3) is 11.3 Å². The molecule has 3 heterocycles.